The van der Waals surface area contributed by atoms with E-state index in [1.165, 1.54) is 0 Å². The summed E-state index contributed by atoms with van der Waals surface area (Å²) in [5, 5.41) is 3.25. The molecule has 0 spiro atoms. The SMILES string of the molecule is CNC1CCCN(C(=O)C2CCN(C(C)=O)C2)C1. The zero-order valence-electron chi connectivity index (χ0n) is 11.3. The first-order valence-electron chi connectivity index (χ1n) is 6.83. The van der Waals surface area contributed by atoms with Crippen molar-refractivity contribution in [2.24, 2.45) is 5.92 Å². The molecule has 0 aromatic heterocycles. The van der Waals surface area contributed by atoms with Crippen LogP contribution in [-0.4, -0.2) is 60.9 Å². The quantitative estimate of drug-likeness (QED) is 0.757. The van der Waals surface area contributed by atoms with Gasteiger partial charge in [-0.25, -0.2) is 0 Å². The Balaban J connectivity index is 1.89. The van der Waals surface area contributed by atoms with Crippen molar-refractivity contribution in [3.05, 3.63) is 0 Å². The minimum atomic E-state index is 0.0181. The van der Waals surface area contributed by atoms with Crippen LogP contribution >= 0.6 is 0 Å². The maximum Gasteiger partial charge on any atom is 0.227 e. The minimum Gasteiger partial charge on any atom is -0.342 e. The predicted molar refractivity (Wildman–Crippen MR) is 69.0 cm³/mol. The largest absolute Gasteiger partial charge is 0.342 e. The van der Waals surface area contributed by atoms with Crippen molar-refractivity contribution in [2.45, 2.75) is 32.2 Å². The molecule has 0 radical (unpaired) electrons. The summed E-state index contributed by atoms with van der Waals surface area (Å²) in [6, 6.07) is 0.424. The summed E-state index contributed by atoms with van der Waals surface area (Å²) in [5.74, 6) is 0.334. The van der Waals surface area contributed by atoms with Gasteiger partial charge in [0.25, 0.3) is 0 Å². The number of rotatable bonds is 2. The molecule has 0 aliphatic carbocycles. The first-order chi connectivity index (χ1) is 8.61. The molecule has 0 aromatic carbocycles. The monoisotopic (exact) mass is 253 g/mol. The standard InChI is InChI=1S/C13H23N3O2/c1-10(17)15-7-5-11(8-15)13(18)16-6-3-4-12(9-16)14-2/h11-12,14H,3-9H2,1-2H3. The van der Waals surface area contributed by atoms with E-state index >= 15 is 0 Å². The molecular weight excluding hydrogens is 230 g/mol. The maximum absolute atomic E-state index is 12.4. The predicted octanol–water partition coefficient (Wildman–Crippen LogP) is 0.0652. The number of carbonyl (C=O) groups is 2. The first-order valence-corrected chi connectivity index (χ1v) is 6.83. The molecule has 0 aromatic rings. The van der Waals surface area contributed by atoms with E-state index < -0.39 is 0 Å². The van der Waals surface area contributed by atoms with Gasteiger partial charge in [-0.1, -0.05) is 0 Å². The fourth-order valence-corrected chi connectivity index (χ4v) is 2.92. The molecule has 0 saturated carbocycles. The molecule has 2 aliphatic rings. The third-order valence-corrected chi connectivity index (χ3v) is 4.12. The third kappa shape index (κ3) is 2.83. The summed E-state index contributed by atoms with van der Waals surface area (Å²) in [4.78, 5) is 27.4. The molecule has 5 nitrogen and oxygen atoms in total. The Morgan fingerprint density at radius 1 is 1.11 bits per heavy atom. The first kappa shape index (κ1) is 13.3. The molecule has 2 amide bonds. The average molecular weight is 253 g/mol. The zero-order valence-corrected chi connectivity index (χ0v) is 11.3. The van der Waals surface area contributed by atoms with E-state index in [-0.39, 0.29) is 17.7 Å². The van der Waals surface area contributed by atoms with Gasteiger partial charge in [0.15, 0.2) is 0 Å². The summed E-state index contributed by atoms with van der Waals surface area (Å²) in [5.41, 5.74) is 0. The highest BCUT2D eigenvalue weighted by atomic mass is 16.2. The highest BCUT2D eigenvalue weighted by Crippen LogP contribution is 2.21. The van der Waals surface area contributed by atoms with Crippen LogP contribution in [0, 0.1) is 5.92 Å². The number of hydrogen-bond acceptors (Lipinski definition) is 3. The van der Waals surface area contributed by atoms with Gasteiger partial charge in [0, 0.05) is 39.1 Å². The number of likely N-dealkylation sites (N-methyl/N-ethyl adjacent to an activating group) is 1. The normalized spacial score (nSPS) is 28.6. The van der Waals surface area contributed by atoms with Gasteiger partial charge in [-0.2, -0.15) is 0 Å². The van der Waals surface area contributed by atoms with Crippen molar-refractivity contribution >= 4 is 11.8 Å². The molecular formula is C13H23N3O2. The molecule has 18 heavy (non-hydrogen) atoms. The van der Waals surface area contributed by atoms with Crippen molar-refractivity contribution in [3.8, 4) is 0 Å². The molecule has 2 atom stereocenters. The smallest absolute Gasteiger partial charge is 0.227 e. The van der Waals surface area contributed by atoms with E-state index in [9.17, 15) is 9.59 Å². The number of hydrogen-bond donors (Lipinski definition) is 1. The lowest BCUT2D eigenvalue weighted by Crippen LogP contribution is -2.49. The van der Waals surface area contributed by atoms with Crippen LogP contribution in [-0.2, 0) is 9.59 Å². The molecule has 2 aliphatic heterocycles. The van der Waals surface area contributed by atoms with E-state index in [2.05, 4.69) is 5.32 Å². The van der Waals surface area contributed by atoms with Gasteiger partial charge in [0.1, 0.15) is 0 Å². The van der Waals surface area contributed by atoms with E-state index in [1.54, 1.807) is 11.8 Å². The minimum absolute atomic E-state index is 0.0181. The van der Waals surface area contributed by atoms with Gasteiger partial charge in [-0.05, 0) is 26.3 Å². The Morgan fingerprint density at radius 2 is 1.89 bits per heavy atom. The van der Waals surface area contributed by atoms with Crippen LogP contribution in [0.1, 0.15) is 26.2 Å². The molecule has 2 rings (SSSR count). The molecule has 102 valence electrons. The van der Waals surface area contributed by atoms with Crippen LogP contribution in [0.3, 0.4) is 0 Å². The lowest BCUT2D eigenvalue weighted by molar-refractivity contribution is -0.136. The van der Waals surface area contributed by atoms with Crippen LogP contribution in [0.25, 0.3) is 0 Å². The van der Waals surface area contributed by atoms with Crippen molar-refractivity contribution < 1.29 is 9.59 Å². The zero-order chi connectivity index (χ0) is 13.1. The summed E-state index contributed by atoms with van der Waals surface area (Å²) in [6.45, 7) is 4.59. The van der Waals surface area contributed by atoms with Crippen LogP contribution in [0.4, 0.5) is 0 Å². The van der Waals surface area contributed by atoms with E-state index in [0.717, 1.165) is 38.9 Å². The number of amides is 2. The molecule has 2 fully saturated rings. The number of carbonyl (C=O) groups excluding carboxylic acids is 2. The average Bonchev–Trinajstić information content (AvgIpc) is 2.87. The Kier molecular flexibility index (Phi) is 4.22. The highest BCUT2D eigenvalue weighted by molar-refractivity contribution is 5.81. The molecule has 1 N–H and O–H groups in total. The molecule has 2 unspecified atom stereocenters. The summed E-state index contributed by atoms with van der Waals surface area (Å²) in [6.07, 6.45) is 3.03. The molecule has 5 heteroatoms. The lowest BCUT2D eigenvalue weighted by atomic mass is 10.0. The summed E-state index contributed by atoms with van der Waals surface area (Å²) < 4.78 is 0. The van der Waals surface area contributed by atoms with Crippen molar-refractivity contribution in [3.63, 3.8) is 0 Å². The number of likely N-dealkylation sites (tertiary alicyclic amines) is 2. The van der Waals surface area contributed by atoms with Crippen LogP contribution in [0.15, 0.2) is 0 Å². The topological polar surface area (TPSA) is 52.7 Å². The van der Waals surface area contributed by atoms with Gasteiger partial charge < -0.3 is 15.1 Å². The number of piperidine rings is 1. The van der Waals surface area contributed by atoms with Gasteiger partial charge in [-0.15, -0.1) is 0 Å². The second-order valence-corrected chi connectivity index (χ2v) is 5.36. The van der Waals surface area contributed by atoms with Crippen LogP contribution in [0.2, 0.25) is 0 Å². The number of nitrogens with zero attached hydrogens (tertiary/aromatic N) is 2. The fourth-order valence-electron chi connectivity index (χ4n) is 2.92. The maximum atomic E-state index is 12.4. The van der Waals surface area contributed by atoms with Gasteiger partial charge in [0.2, 0.25) is 11.8 Å². The van der Waals surface area contributed by atoms with Gasteiger partial charge in [0.05, 0.1) is 5.92 Å². The second-order valence-electron chi connectivity index (χ2n) is 5.36. The van der Waals surface area contributed by atoms with E-state index in [0.29, 0.717) is 12.6 Å². The van der Waals surface area contributed by atoms with E-state index in [4.69, 9.17) is 0 Å². The highest BCUT2D eigenvalue weighted by Gasteiger charge is 2.33. The molecule has 2 saturated heterocycles. The van der Waals surface area contributed by atoms with E-state index in [1.807, 2.05) is 11.9 Å². The third-order valence-electron chi connectivity index (χ3n) is 4.12. The van der Waals surface area contributed by atoms with Crippen molar-refractivity contribution in [1.82, 2.24) is 15.1 Å². The van der Waals surface area contributed by atoms with Crippen LogP contribution < -0.4 is 5.32 Å². The Bertz CT molecular complexity index is 332. The van der Waals surface area contributed by atoms with Gasteiger partial charge in [-0.3, -0.25) is 9.59 Å². The second kappa shape index (κ2) is 5.69. The van der Waals surface area contributed by atoms with Crippen molar-refractivity contribution in [1.29, 1.82) is 0 Å². The van der Waals surface area contributed by atoms with Crippen molar-refractivity contribution in [2.75, 3.05) is 33.2 Å². The Hall–Kier alpha value is -1.10. The summed E-state index contributed by atoms with van der Waals surface area (Å²) >= 11 is 0. The Labute approximate surface area is 108 Å². The lowest BCUT2D eigenvalue weighted by Gasteiger charge is -2.34. The molecule has 2 heterocycles. The number of nitrogens with one attached hydrogen (secondary N) is 1. The molecule has 0 bridgehead atoms. The Morgan fingerprint density at radius 3 is 2.50 bits per heavy atom. The van der Waals surface area contributed by atoms with Crippen LogP contribution in [0.5, 0.6) is 0 Å². The fraction of sp³-hybridized carbons (Fsp3) is 0.846. The van der Waals surface area contributed by atoms with Gasteiger partial charge >= 0.3 is 0 Å². The summed E-state index contributed by atoms with van der Waals surface area (Å²) in [7, 11) is 1.95.